The molecule has 2 aliphatic heterocycles. The fraction of sp³-hybridized carbons (Fsp3) is 0.750. The number of nitrogens with zero attached hydrogens (tertiary/aromatic N) is 3. The molecule has 0 bridgehead atoms. The first kappa shape index (κ1) is 14.6. The molecule has 21 heavy (non-hydrogen) atoms. The van der Waals surface area contributed by atoms with E-state index in [1.165, 1.54) is 25.7 Å². The van der Waals surface area contributed by atoms with Crippen LogP contribution in [-0.2, 0) is 6.54 Å². The predicted molar refractivity (Wildman–Crippen MR) is 84.8 cm³/mol. The predicted octanol–water partition coefficient (Wildman–Crippen LogP) is 1.76. The molecule has 0 aromatic carbocycles. The lowest BCUT2D eigenvalue weighted by molar-refractivity contribution is 0.374. The van der Waals surface area contributed by atoms with Crippen molar-refractivity contribution in [2.24, 2.45) is 0 Å². The summed E-state index contributed by atoms with van der Waals surface area (Å²) in [5, 5.41) is 3.61. The minimum absolute atomic E-state index is 0.0734. The van der Waals surface area contributed by atoms with Gasteiger partial charge in [-0.25, -0.2) is 4.98 Å². The molecule has 2 aliphatic rings. The fourth-order valence-electron chi connectivity index (χ4n) is 3.73. The van der Waals surface area contributed by atoms with E-state index in [1.807, 2.05) is 6.20 Å². The molecule has 0 saturated carbocycles. The van der Waals surface area contributed by atoms with Gasteiger partial charge in [0.05, 0.1) is 0 Å². The molecule has 5 heteroatoms. The lowest BCUT2D eigenvalue weighted by atomic mass is 9.94. The first-order valence-electron chi connectivity index (χ1n) is 8.36. The van der Waals surface area contributed by atoms with Crippen LogP contribution >= 0.6 is 0 Å². The van der Waals surface area contributed by atoms with Crippen molar-refractivity contribution in [3.63, 3.8) is 0 Å². The molecule has 1 N–H and O–H groups in total. The maximum absolute atomic E-state index is 12.7. The van der Waals surface area contributed by atoms with E-state index in [0.29, 0.717) is 17.9 Å². The summed E-state index contributed by atoms with van der Waals surface area (Å²) in [7, 11) is 0. The van der Waals surface area contributed by atoms with E-state index in [1.54, 1.807) is 10.8 Å². The normalized spacial score (nSPS) is 26.2. The smallest absolute Gasteiger partial charge is 0.293 e. The number of aromatic nitrogens is 2. The summed E-state index contributed by atoms with van der Waals surface area (Å²) in [6.07, 6.45) is 10.6. The number of hydrogen-bond acceptors (Lipinski definition) is 4. The average molecular weight is 290 g/mol. The average Bonchev–Trinajstić information content (AvgIpc) is 3.04. The first-order chi connectivity index (χ1) is 10.3. The monoisotopic (exact) mass is 290 g/mol. The van der Waals surface area contributed by atoms with Crippen LogP contribution in [0.2, 0.25) is 0 Å². The van der Waals surface area contributed by atoms with Gasteiger partial charge in [0.2, 0.25) is 0 Å². The highest BCUT2D eigenvalue weighted by Crippen LogP contribution is 2.26. The lowest BCUT2D eigenvalue weighted by Gasteiger charge is -2.39. The number of piperidine rings is 1. The number of anilines is 1. The van der Waals surface area contributed by atoms with E-state index in [4.69, 9.17) is 0 Å². The molecule has 116 valence electrons. The largest absolute Gasteiger partial charge is 0.347 e. The van der Waals surface area contributed by atoms with Gasteiger partial charge >= 0.3 is 0 Å². The SMILES string of the molecule is CCCn1ccnc(N2CCCCC2C2CCCN2)c1=O. The molecule has 0 aliphatic carbocycles. The minimum atomic E-state index is 0.0734. The van der Waals surface area contributed by atoms with Gasteiger partial charge < -0.3 is 14.8 Å². The third-order valence-corrected chi connectivity index (χ3v) is 4.74. The molecule has 5 nitrogen and oxygen atoms in total. The Morgan fingerprint density at radius 2 is 2.24 bits per heavy atom. The Morgan fingerprint density at radius 3 is 3.00 bits per heavy atom. The standard InChI is InChI=1S/C16H26N4O/c1-2-10-19-12-9-18-15(16(19)21)20-11-4-3-7-14(20)13-6-5-8-17-13/h9,12-14,17H,2-8,10-11H2,1H3. The third kappa shape index (κ3) is 2.98. The van der Waals surface area contributed by atoms with E-state index in [-0.39, 0.29) is 5.56 Å². The Balaban J connectivity index is 1.89. The molecule has 3 rings (SSSR count). The molecule has 0 amide bonds. The van der Waals surface area contributed by atoms with Crippen molar-refractivity contribution in [2.75, 3.05) is 18.0 Å². The van der Waals surface area contributed by atoms with Crippen molar-refractivity contribution in [1.29, 1.82) is 0 Å². The molecule has 0 radical (unpaired) electrons. The van der Waals surface area contributed by atoms with Gasteiger partial charge in [-0.05, 0) is 45.1 Å². The van der Waals surface area contributed by atoms with Crippen molar-refractivity contribution in [3.05, 3.63) is 22.7 Å². The summed E-state index contributed by atoms with van der Waals surface area (Å²) in [6.45, 7) is 4.94. The summed E-state index contributed by atoms with van der Waals surface area (Å²) in [5.74, 6) is 0.657. The lowest BCUT2D eigenvalue weighted by Crippen LogP contribution is -2.52. The van der Waals surface area contributed by atoms with E-state index in [0.717, 1.165) is 32.5 Å². The Bertz CT molecular complexity index is 521. The minimum Gasteiger partial charge on any atom is -0.347 e. The van der Waals surface area contributed by atoms with Crippen LogP contribution in [0.25, 0.3) is 0 Å². The molecule has 1 aromatic rings. The van der Waals surface area contributed by atoms with Crippen molar-refractivity contribution in [3.8, 4) is 0 Å². The molecule has 2 unspecified atom stereocenters. The molecule has 2 saturated heterocycles. The number of aryl methyl sites for hydroxylation is 1. The molecule has 2 atom stereocenters. The van der Waals surface area contributed by atoms with Crippen LogP contribution in [0.1, 0.15) is 45.4 Å². The van der Waals surface area contributed by atoms with Crippen LogP contribution in [0.15, 0.2) is 17.2 Å². The van der Waals surface area contributed by atoms with Crippen LogP contribution in [0.4, 0.5) is 5.82 Å². The highest BCUT2D eigenvalue weighted by molar-refractivity contribution is 5.38. The topological polar surface area (TPSA) is 50.2 Å². The van der Waals surface area contributed by atoms with Crippen LogP contribution in [0.5, 0.6) is 0 Å². The van der Waals surface area contributed by atoms with E-state index >= 15 is 0 Å². The van der Waals surface area contributed by atoms with Crippen LogP contribution in [0.3, 0.4) is 0 Å². The Kier molecular flexibility index (Phi) is 4.58. The second-order valence-electron chi connectivity index (χ2n) is 6.21. The van der Waals surface area contributed by atoms with Gasteiger partial charge in [-0.2, -0.15) is 0 Å². The number of hydrogen-bond donors (Lipinski definition) is 1. The van der Waals surface area contributed by atoms with Gasteiger partial charge in [-0.1, -0.05) is 6.92 Å². The van der Waals surface area contributed by atoms with Gasteiger partial charge in [-0.3, -0.25) is 4.79 Å². The zero-order chi connectivity index (χ0) is 14.7. The molecule has 1 aromatic heterocycles. The van der Waals surface area contributed by atoms with Gasteiger partial charge in [0.1, 0.15) is 0 Å². The van der Waals surface area contributed by atoms with Crippen LogP contribution < -0.4 is 15.8 Å². The highest BCUT2D eigenvalue weighted by Gasteiger charge is 2.33. The van der Waals surface area contributed by atoms with Gasteiger partial charge in [0.15, 0.2) is 5.82 Å². The van der Waals surface area contributed by atoms with Gasteiger partial charge in [0.25, 0.3) is 5.56 Å². The zero-order valence-corrected chi connectivity index (χ0v) is 12.9. The quantitative estimate of drug-likeness (QED) is 0.918. The van der Waals surface area contributed by atoms with Crippen LogP contribution in [-0.4, -0.2) is 34.7 Å². The van der Waals surface area contributed by atoms with Crippen molar-refractivity contribution >= 4 is 5.82 Å². The van der Waals surface area contributed by atoms with Gasteiger partial charge in [0, 0.05) is 37.6 Å². The summed E-state index contributed by atoms with van der Waals surface area (Å²) < 4.78 is 1.80. The van der Waals surface area contributed by atoms with E-state index in [9.17, 15) is 4.79 Å². The molecule has 2 fully saturated rings. The first-order valence-corrected chi connectivity index (χ1v) is 8.36. The van der Waals surface area contributed by atoms with Gasteiger partial charge in [-0.15, -0.1) is 0 Å². The summed E-state index contributed by atoms with van der Waals surface area (Å²) >= 11 is 0. The Labute approximate surface area is 126 Å². The van der Waals surface area contributed by atoms with E-state index < -0.39 is 0 Å². The highest BCUT2D eigenvalue weighted by atomic mass is 16.1. The summed E-state index contributed by atoms with van der Waals surface area (Å²) in [6, 6.07) is 0.949. The fourth-order valence-corrected chi connectivity index (χ4v) is 3.73. The Morgan fingerprint density at radius 1 is 1.33 bits per heavy atom. The van der Waals surface area contributed by atoms with Crippen molar-refractivity contribution in [2.45, 2.75) is 64.1 Å². The zero-order valence-electron chi connectivity index (χ0n) is 12.9. The second-order valence-corrected chi connectivity index (χ2v) is 6.21. The third-order valence-electron chi connectivity index (χ3n) is 4.74. The van der Waals surface area contributed by atoms with Crippen molar-refractivity contribution in [1.82, 2.24) is 14.9 Å². The molecular weight excluding hydrogens is 264 g/mol. The number of rotatable bonds is 4. The maximum Gasteiger partial charge on any atom is 0.293 e. The molecule has 3 heterocycles. The maximum atomic E-state index is 12.7. The summed E-state index contributed by atoms with van der Waals surface area (Å²) in [5.41, 5.74) is 0.0734. The Hall–Kier alpha value is -1.36. The molecular formula is C16H26N4O. The second kappa shape index (κ2) is 6.60. The van der Waals surface area contributed by atoms with E-state index in [2.05, 4.69) is 22.1 Å². The van der Waals surface area contributed by atoms with Crippen molar-refractivity contribution < 1.29 is 0 Å². The molecule has 0 spiro atoms. The van der Waals surface area contributed by atoms with Crippen LogP contribution in [0, 0.1) is 0 Å². The number of nitrogens with one attached hydrogen (secondary N) is 1. The summed E-state index contributed by atoms with van der Waals surface area (Å²) in [4.78, 5) is 19.4.